The molecule has 2 fully saturated rings. The molecule has 2 aliphatic rings. The van der Waals surface area contributed by atoms with Gasteiger partial charge in [-0.15, -0.1) is 0 Å². The van der Waals surface area contributed by atoms with Gasteiger partial charge in [0.15, 0.2) is 0 Å². The fourth-order valence-corrected chi connectivity index (χ4v) is 2.91. The van der Waals surface area contributed by atoms with Crippen molar-refractivity contribution in [2.24, 2.45) is 0 Å². The van der Waals surface area contributed by atoms with E-state index in [2.05, 4.69) is 0 Å². The molecule has 0 bridgehead atoms. The van der Waals surface area contributed by atoms with Crippen LogP contribution in [0.3, 0.4) is 0 Å². The van der Waals surface area contributed by atoms with Gasteiger partial charge in [-0.25, -0.2) is 0 Å². The van der Waals surface area contributed by atoms with E-state index < -0.39 is 0 Å². The number of anilines is 1. The smallest absolute Gasteiger partial charge is 0.256 e. The molecule has 0 aromatic heterocycles. The van der Waals surface area contributed by atoms with Gasteiger partial charge in [0.2, 0.25) is 5.91 Å². The Balaban J connectivity index is 1.93. The molecule has 1 aromatic rings. The molecule has 2 aliphatic heterocycles. The molecule has 0 N–H and O–H groups in total. The summed E-state index contributed by atoms with van der Waals surface area (Å²) in [7, 11) is 0. The summed E-state index contributed by atoms with van der Waals surface area (Å²) >= 11 is 6.05. The predicted molar refractivity (Wildman–Crippen MR) is 79.8 cm³/mol. The van der Waals surface area contributed by atoms with Crippen LogP contribution in [-0.2, 0) is 9.53 Å². The second kappa shape index (κ2) is 6.03. The molecule has 0 spiro atoms. The van der Waals surface area contributed by atoms with Crippen molar-refractivity contribution in [3.63, 3.8) is 0 Å². The first kappa shape index (κ1) is 14.4. The summed E-state index contributed by atoms with van der Waals surface area (Å²) in [5, 5.41) is 0.531. The molecule has 6 heteroatoms. The van der Waals surface area contributed by atoms with Crippen LogP contribution < -0.4 is 4.90 Å². The largest absolute Gasteiger partial charge is 0.378 e. The number of hydrogen-bond acceptors (Lipinski definition) is 3. The number of halogens is 1. The van der Waals surface area contributed by atoms with Gasteiger partial charge < -0.3 is 14.5 Å². The molecule has 2 saturated heterocycles. The van der Waals surface area contributed by atoms with E-state index >= 15 is 0 Å². The molecule has 0 unspecified atom stereocenters. The second-order valence-corrected chi connectivity index (χ2v) is 5.65. The van der Waals surface area contributed by atoms with Gasteiger partial charge in [0, 0.05) is 31.1 Å². The summed E-state index contributed by atoms with van der Waals surface area (Å²) < 4.78 is 5.27. The van der Waals surface area contributed by atoms with Crippen molar-refractivity contribution in [2.75, 3.05) is 37.7 Å². The van der Waals surface area contributed by atoms with E-state index in [1.54, 1.807) is 28.0 Å². The SMILES string of the molecule is O=C(c1ccc(Cl)cc1N1CCCC1=O)N1CCOCC1. The van der Waals surface area contributed by atoms with Gasteiger partial charge in [-0.1, -0.05) is 11.6 Å². The van der Waals surface area contributed by atoms with Crippen molar-refractivity contribution in [2.45, 2.75) is 12.8 Å². The third-order valence-electron chi connectivity index (χ3n) is 3.85. The minimum atomic E-state index is -0.0651. The van der Waals surface area contributed by atoms with Gasteiger partial charge in [-0.3, -0.25) is 9.59 Å². The number of amides is 2. The zero-order valence-corrected chi connectivity index (χ0v) is 12.4. The van der Waals surface area contributed by atoms with Crippen LogP contribution in [0.1, 0.15) is 23.2 Å². The van der Waals surface area contributed by atoms with Crippen LogP contribution in [0.5, 0.6) is 0 Å². The number of carbonyl (C=O) groups excluding carboxylic acids is 2. The number of morpholine rings is 1. The maximum atomic E-state index is 12.7. The van der Waals surface area contributed by atoms with Crippen LogP contribution in [-0.4, -0.2) is 49.6 Å². The van der Waals surface area contributed by atoms with Gasteiger partial charge in [-0.05, 0) is 24.6 Å². The van der Waals surface area contributed by atoms with Gasteiger partial charge in [-0.2, -0.15) is 0 Å². The first-order chi connectivity index (χ1) is 10.2. The van der Waals surface area contributed by atoms with Crippen molar-refractivity contribution in [1.29, 1.82) is 0 Å². The molecule has 3 rings (SSSR count). The van der Waals surface area contributed by atoms with E-state index in [4.69, 9.17) is 16.3 Å². The molecular weight excluding hydrogens is 292 g/mol. The van der Waals surface area contributed by atoms with Crippen LogP contribution in [0.4, 0.5) is 5.69 Å². The highest BCUT2D eigenvalue weighted by molar-refractivity contribution is 6.31. The molecule has 1 aromatic carbocycles. The molecule has 0 aliphatic carbocycles. The number of rotatable bonds is 2. The number of benzene rings is 1. The van der Waals surface area contributed by atoms with Crippen molar-refractivity contribution < 1.29 is 14.3 Å². The average molecular weight is 309 g/mol. The van der Waals surface area contributed by atoms with E-state index in [0.29, 0.717) is 55.5 Å². The highest BCUT2D eigenvalue weighted by atomic mass is 35.5. The van der Waals surface area contributed by atoms with E-state index in [-0.39, 0.29) is 11.8 Å². The molecule has 112 valence electrons. The molecule has 0 saturated carbocycles. The topological polar surface area (TPSA) is 49.9 Å². The third kappa shape index (κ3) is 2.89. The summed E-state index contributed by atoms with van der Waals surface area (Å²) in [6.07, 6.45) is 1.34. The summed E-state index contributed by atoms with van der Waals surface area (Å²) in [6, 6.07) is 5.11. The fourth-order valence-electron chi connectivity index (χ4n) is 2.75. The van der Waals surface area contributed by atoms with Gasteiger partial charge in [0.05, 0.1) is 24.5 Å². The average Bonchev–Trinajstić information content (AvgIpc) is 2.93. The van der Waals surface area contributed by atoms with Gasteiger partial charge >= 0.3 is 0 Å². The van der Waals surface area contributed by atoms with Crippen LogP contribution in [0.25, 0.3) is 0 Å². The second-order valence-electron chi connectivity index (χ2n) is 5.21. The lowest BCUT2D eigenvalue weighted by molar-refractivity contribution is -0.117. The third-order valence-corrected chi connectivity index (χ3v) is 4.09. The standard InChI is InChI=1S/C15H17ClN2O3/c16-11-3-4-12(15(20)17-6-8-21-9-7-17)13(10-11)18-5-1-2-14(18)19/h3-4,10H,1-2,5-9H2. The monoisotopic (exact) mass is 308 g/mol. The highest BCUT2D eigenvalue weighted by Crippen LogP contribution is 2.29. The summed E-state index contributed by atoms with van der Waals surface area (Å²) in [4.78, 5) is 28.1. The Morgan fingerprint density at radius 3 is 2.62 bits per heavy atom. The van der Waals surface area contributed by atoms with E-state index in [1.807, 2.05) is 0 Å². The highest BCUT2D eigenvalue weighted by Gasteiger charge is 2.28. The Morgan fingerprint density at radius 2 is 1.95 bits per heavy atom. The molecule has 21 heavy (non-hydrogen) atoms. The van der Waals surface area contributed by atoms with Crippen molar-refractivity contribution >= 4 is 29.1 Å². The first-order valence-corrected chi connectivity index (χ1v) is 7.51. The molecule has 2 amide bonds. The van der Waals surface area contributed by atoms with Gasteiger partial charge in [0.25, 0.3) is 5.91 Å². The number of carbonyl (C=O) groups is 2. The fraction of sp³-hybridized carbons (Fsp3) is 0.467. The van der Waals surface area contributed by atoms with Crippen LogP contribution in [0.15, 0.2) is 18.2 Å². The molecular formula is C15H17ClN2O3. The normalized spacial score (nSPS) is 19.2. The lowest BCUT2D eigenvalue weighted by Crippen LogP contribution is -2.41. The van der Waals surface area contributed by atoms with Crippen molar-refractivity contribution in [3.8, 4) is 0 Å². The van der Waals surface area contributed by atoms with Gasteiger partial charge in [0.1, 0.15) is 0 Å². The first-order valence-electron chi connectivity index (χ1n) is 7.14. The Bertz CT molecular complexity index is 570. The Kier molecular flexibility index (Phi) is 4.12. The minimum absolute atomic E-state index is 0.0493. The van der Waals surface area contributed by atoms with Crippen LogP contribution in [0.2, 0.25) is 5.02 Å². The maximum absolute atomic E-state index is 12.7. The van der Waals surface area contributed by atoms with Crippen LogP contribution >= 0.6 is 11.6 Å². The quantitative estimate of drug-likeness (QED) is 0.839. The maximum Gasteiger partial charge on any atom is 0.256 e. The summed E-state index contributed by atoms with van der Waals surface area (Å²) in [5.41, 5.74) is 1.16. The summed E-state index contributed by atoms with van der Waals surface area (Å²) in [6.45, 7) is 2.90. The number of nitrogens with zero attached hydrogens (tertiary/aromatic N) is 2. The Labute approximate surface area is 128 Å². The Morgan fingerprint density at radius 1 is 1.19 bits per heavy atom. The van der Waals surface area contributed by atoms with Crippen molar-refractivity contribution in [1.82, 2.24) is 4.90 Å². The van der Waals surface area contributed by atoms with Crippen LogP contribution in [0, 0.1) is 0 Å². The zero-order chi connectivity index (χ0) is 14.8. The lowest BCUT2D eigenvalue weighted by Gasteiger charge is -2.29. The Hall–Kier alpha value is -1.59. The lowest BCUT2D eigenvalue weighted by atomic mass is 10.1. The summed E-state index contributed by atoms with van der Waals surface area (Å²) in [5.74, 6) is -0.0158. The molecule has 2 heterocycles. The zero-order valence-electron chi connectivity index (χ0n) is 11.7. The number of ether oxygens (including phenoxy) is 1. The van der Waals surface area contributed by atoms with E-state index in [0.717, 1.165) is 6.42 Å². The van der Waals surface area contributed by atoms with Crippen molar-refractivity contribution in [3.05, 3.63) is 28.8 Å². The molecule has 5 nitrogen and oxygen atoms in total. The predicted octanol–water partition coefficient (Wildman–Crippen LogP) is 1.94. The molecule has 0 atom stereocenters. The molecule has 0 radical (unpaired) electrons. The number of hydrogen-bond donors (Lipinski definition) is 0. The minimum Gasteiger partial charge on any atom is -0.378 e. The van der Waals surface area contributed by atoms with E-state index in [1.165, 1.54) is 0 Å². The van der Waals surface area contributed by atoms with E-state index in [9.17, 15) is 9.59 Å².